The van der Waals surface area contributed by atoms with Crippen molar-refractivity contribution in [2.24, 2.45) is 0 Å². The molecule has 30 heavy (non-hydrogen) atoms. The lowest BCUT2D eigenvalue weighted by atomic mass is 10.1. The molecule has 154 valence electrons. The van der Waals surface area contributed by atoms with Crippen LogP contribution in [-0.2, 0) is 17.4 Å². The maximum Gasteiger partial charge on any atom is 0.416 e. The largest absolute Gasteiger partial charge is 0.416 e. The van der Waals surface area contributed by atoms with E-state index in [9.17, 15) is 18.0 Å². The predicted molar refractivity (Wildman–Crippen MR) is 104 cm³/mol. The number of amides is 1. The Labute approximate surface area is 170 Å². The Hall–Kier alpha value is -3.49. The number of carbonyl (C=O) groups is 1. The molecule has 0 bridgehead atoms. The van der Waals surface area contributed by atoms with Gasteiger partial charge in [-0.1, -0.05) is 6.07 Å². The molecule has 3 aromatic rings. The molecular formula is C21H18F3N5O. The van der Waals surface area contributed by atoms with Crippen LogP contribution < -0.4 is 5.32 Å². The molecule has 1 atom stereocenters. The summed E-state index contributed by atoms with van der Waals surface area (Å²) in [6, 6.07) is 7.36. The zero-order chi connectivity index (χ0) is 21.3. The summed E-state index contributed by atoms with van der Waals surface area (Å²) >= 11 is 0. The monoisotopic (exact) mass is 413 g/mol. The Morgan fingerprint density at radius 3 is 2.90 bits per heavy atom. The van der Waals surface area contributed by atoms with Crippen molar-refractivity contribution in [3.8, 4) is 11.4 Å². The summed E-state index contributed by atoms with van der Waals surface area (Å²) in [5, 5.41) is 7.07. The van der Waals surface area contributed by atoms with E-state index in [1.165, 1.54) is 23.3 Å². The molecule has 0 saturated carbocycles. The fourth-order valence-corrected chi connectivity index (χ4v) is 3.48. The highest BCUT2D eigenvalue weighted by atomic mass is 19.4. The fraction of sp³-hybridized carbons (Fsp3) is 0.238. The molecule has 1 N–H and O–H groups in total. The van der Waals surface area contributed by atoms with E-state index in [0.717, 1.165) is 36.2 Å². The van der Waals surface area contributed by atoms with E-state index in [4.69, 9.17) is 0 Å². The molecule has 1 aliphatic carbocycles. The van der Waals surface area contributed by atoms with Gasteiger partial charge in [0.2, 0.25) is 5.91 Å². The third kappa shape index (κ3) is 4.24. The van der Waals surface area contributed by atoms with Crippen LogP contribution in [0.1, 0.15) is 34.8 Å². The maximum absolute atomic E-state index is 13.0. The second-order valence-corrected chi connectivity index (χ2v) is 7.09. The maximum atomic E-state index is 13.0. The molecule has 6 nitrogen and oxygen atoms in total. The van der Waals surface area contributed by atoms with Crippen LogP contribution >= 0.6 is 0 Å². The highest BCUT2D eigenvalue weighted by molar-refractivity contribution is 5.90. The van der Waals surface area contributed by atoms with E-state index in [1.807, 2.05) is 12.1 Å². The second-order valence-electron chi connectivity index (χ2n) is 7.09. The van der Waals surface area contributed by atoms with Gasteiger partial charge in [0.05, 0.1) is 11.6 Å². The van der Waals surface area contributed by atoms with Crippen LogP contribution in [0.5, 0.6) is 0 Å². The Morgan fingerprint density at radius 1 is 1.27 bits per heavy atom. The van der Waals surface area contributed by atoms with Crippen molar-refractivity contribution in [2.75, 3.05) is 0 Å². The number of nitrogens with zero attached hydrogens (tertiary/aromatic N) is 4. The van der Waals surface area contributed by atoms with Gasteiger partial charge < -0.3 is 5.32 Å². The minimum absolute atomic E-state index is 0.0924. The lowest BCUT2D eigenvalue weighted by Gasteiger charge is -2.11. The van der Waals surface area contributed by atoms with Crippen molar-refractivity contribution < 1.29 is 18.0 Å². The first kappa shape index (κ1) is 19.8. The summed E-state index contributed by atoms with van der Waals surface area (Å²) < 4.78 is 40.4. The van der Waals surface area contributed by atoms with Gasteiger partial charge in [0.25, 0.3) is 0 Å². The quantitative estimate of drug-likeness (QED) is 0.658. The van der Waals surface area contributed by atoms with Crippen molar-refractivity contribution in [2.45, 2.75) is 32.0 Å². The first-order chi connectivity index (χ1) is 14.3. The molecule has 4 rings (SSSR count). The summed E-state index contributed by atoms with van der Waals surface area (Å²) in [5.41, 5.74) is 1.97. The van der Waals surface area contributed by atoms with E-state index in [0.29, 0.717) is 5.56 Å². The summed E-state index contributed by atoms with van der Waals surface area (Å²) in [6.07, 6.45) is 2.94. The first-order valence-corrected chi connectivity index (χ1v) is 9.32. The van der Waals surface area contributed by atoms with Gasteiger partial charge >= 0.3 is 6.18 Å². The number of fused-ring (bicyclic) bond motifs is 1. The number of nitrogens with one attached hydrogen (secondary N) is 1. The number of aromatic nitrogens is 4. The molecule has 0 aliphatic heterocycles. The number of benzene rings is 1. The van der Waals surface area contributed by atoms with Crippen LogP contribution in [0.15, 0.2) is 48.9 Å². The van der Waals surface area contributed by atoms with E-state index >= 15 is 0 Å². The number of alkyl halides is 3. The van der Waals surface area contributed by atoms with Gasteiger partial charge in [0, 0.05) is 29.7 Å². The number of hydrogen-bond acceptors (Lipinski definition) is 4. The van der Waals surface area contributed by atoms with Gasteiger partial charge in [-0.05, 0) is 55.2 Å². The molecular weight excluding hydrogens is 395 g/mol. The zero-order valence-corrected chi connectivity index (χ0v) is 16.0. The third-order valence-corrected chi connectivity index (χ3v) is 4.84. The topological polar surface area (TPSA) is 72.7 Å². The van der Waals surface area contributed by atoms with Gasteiger partial charge in [-0.3, -0.25) is 9.78 Å². The number of halogens is 3. The van der Waals surface area contributed by atoms with Gasteiger partial charge in [0.15, 0.2) is 5.82 Å². The van der Waals surface area contributed by atoms with Crippen LogP contribution in [0.3, 0.4) is 0 Å². The molecule has 2 aromatic heterocycles. The van der Waals surface area contributed by atoms with Crippen molar-refractivity contribution in [1.82, 2.24) is 25.1 Å². The summed E-state index contributed by atoms with van der Waals surface area (Å²) in [7, 11) is 0. The molecule has 0 fully saturated rings. The molecule has 2 heterocycles. The minimum Gasteiger partial charge on any atom is -0.346 e. The Bertz CT molecular complexity index is 1120. The Kier molecular flexibility index (Phi) is 5.11. The standard InChI is InChI=1S/C21H18F3N5O/c1-13-9-14(11-15(10-13)21(22,23)24)20-26-12-29(28-20)8-6-19(30)27-18-5-4-17-16(18)3-2-7-25-17/h2-3,6-12,18H,4-5H2,1H3,(H,27,30)/b8-6-. The van der Waals surface area contributed by atoms with Gasteiger partial charge in [-0.15, -0.1) is 5.10 Å². The molecule has 1 aliphatic rings. The Morgan fingerprint density at radius 2 is 2.10 bits per heavy atom. The summed E-state index contributed by atoms with van der Waals surface area (Å²) in [6.45, 7) is 1.58. The lowest BCUT2D eigenvalue weighted by molar-refractivity contribution is -0.137. The van der Waals surface area contributed by atoms with Crippen molar-refractivity contribution in [1.29, 1.82) is 0 Å². The molecule has 0 saturated heterocycles. The van der Waals surface area contributed by atoms with E-state index < -0.39 is 11.7 Å². The minimum atomic E-state index is -4.45. The van der Waals surface area contributed by atoms with E-state index in [1.54, 1.807) is 19.2 Å². The van der Waals surface area contributed by atoms with Crippen LogP contribution in [0.4, 0.5) is 13.2 Å². The zero-order valence-electron chi connectivity index (χ0n) is 16.0. The lowest BCUT2D eigenvalue weighted by Crippen LogP contribution is -2.25. The highest BCUT2D eigenvalue weighted by Crippen LogP contribution is 2.32. The normalized spacial score (nSPS) is 16.1. The van der Waals surface area contributed by atoms with E-state index in [-0.39, 0.29) is 23.3 Å². The van der Waals surface area contributed by atoms with Crippen molar-refractivity contribution in [3.05, 3.63) is 71.3 Å². The SMILES string of the molecule is Cc1cc(-c2ncn(/C=C\C(=O)NC3CCc4ncccc43)n2)cc(C(F)(F)F)c1. The van der Waals surface area contributed by atoms with Crippen molar-refractivity contribution in [3.63, 3.8) is 0 Å². The first-order valence-electron chi connectivity index (χ1n) is 9.32. The number of aryl methyl sites for hydroxylation is 2. The summed E-state index contributed by atoms with van der Waals surface area (Å²) in [4.78, 5) is 20.6. The highest BCUT2D eigenvalue weighted by Gasteiger charge is 2.31. The third-order valence-electron chi connectivity index (χ3n) is 4.84. The average molecular weight is 413 g/mol. The molecule has 1 amide bonds. The molecule has 9 heteroatoms. The molecule has 0 radical (unpaired) electrons. The van der Waals surface area contributed by atoms with E-state index in [2.05, 4.69) is 20.4 Å². The fourth-order valence-electron chi connectivity index (χ4n) is 3.48. The smallest absolute Gasteiger partial charge is 0.346 e. The predicted octanol–water partition coefficient (Wildman–Crippen LogP) is 3.94. The average Bonchev–Trinajstić information content (AvgIpc) is 3.33. The van der Waals surface area contributed by atoms with Crippen LogP contribution in [0.2, 0.25) is 0 Å². The number of carbonyl (C=O) groups excluding carboxylic acids is 1. The number of pyridine rings is 1. The molecule has 1 aromatic carbocycles. The number of hydrogen-bond donors (Lipinski definition) is 1. The van der Waals surface area contributed by atoms with Crippen LogP contribution in [-0.4, -0.2) is 25.7 Å². The van der Waals surface area contributed by atoms with Crippen LogP contribution in [0, 0.1) is 6.92 Å². The van der Waals surface area contributed by atoms with Gasteiger partial charge in [0.1, 0.15) is 6.33 Å². The molecule has 0 spiro atoms. The number of rotatable bonds is 4. The second kappa shape index (κ2) is 7.74. The summed E-state index contributed by atoms with van der Waals surface area (Å²) in [5.74, 6) is -0.159. The van der Waals surface area contributed by atoms with Gasteiger partial charge in [-0.2, -0.15) is 13.2 Å². The van der Waals surface area contributed by atoms with Gasteiger partial charge in [-0.25, -0.2) is 9.67 Å². The Balaban J connectivity index is 1.46. The van der Waals surface area contributed by atoms with Crippen LogP contribution in [0.25, 0.3) is 17.6 Å². The van der Waals surface area contributed by atoms with Crippen molar-refractivity contribution >= 4 is 12.1 Å². The molecule has 1 unspecified atom stereocenters.